The Bertz CT molecular complexity index is 364. The van der Waals surface area contributed by atoms with Crippen LogP contribution in [0.2, 0.25) is 0 Å². The van der Waals surface area contributed by atoms with E-state index < -0.39 is 0 Å². The van der Waals surface area contributed by atoms with Crippen LogP contribution in [0.15, 0.2) is 5.16 Å². The Morgan fingerprint density at radius 1 is 1.41 bits per heavy atom. The van der Waals surface area contributed by atoms with Gasteiger partial charge in [-0.25, -0.2) is 4.79 Å². The maximum absolute atomic E-state index is 11.5. The third-order valence-corrected chi connectivity index (χ3v) is 4.64. The molecule has 0 aromatic rings. The first-order valence-electron chi connectivity index (χ1n) is 6.57. The average molecular weight is 237 g/mol. The van der Waals surface area contributed by atoms with Crippen molar-refractivity contribution in [3.05, 3.63) is 0 Å². The Labute approximate surface area is 104 Å². The van der Waals surface area contributed by atoms with Crippen LogP contribution in [-0.4, -0.2) is 11.7 Å². The minimum absolute atomic E-state index is 0.0876. The van der Waals surface area contributed by atoms with Gasteiger partial charge in [-0.1, -0.05) is 39.8 Å². The first-order valence-corrected chi connectivity index (χ1v) is 6.57. The summed E-state index contributed by atoms with van der Waals surface area (Å²) < 4.78 is 0. The molecule has 2 aliphatic rings. The van der Waals surface area contributed by atoms with Crippen molar-refractivity contribution in [3.8, 4) is 0 Å². The average Bonchev–Trinajstić information content (AvgIpc) is 2.68. The largest absolute Gasteiger partial charge is 0.337 e. The van der Waals surface area contributed by atoms with E-state index in [0.717, 1.165) is 5.71 Å². The molecule has 2 rings (SSSR count). The van der Waals surface area contributed by atoms with Gasteiger partial charge in [0.2, 0.25) is 0 Å². The van der Waals surface area contributed by atoms with Gasteiger partial charge in [-0.15, -0.1) is 0 Å². The van der Waals surface area contributed by atoms with Crippen LogP contribution in [0.1, 0.15) is 53.9 Å². The third-order valence-electron chi connectivity index (χ3n) is 4.64. The minimum atomic E-state index is -0.236. The molecule has 0 saturated heterocycles. The highest BCUT2D eigenvalue weighted by atomic mass is 16.7. The molecule has 2 fully saturated rings. The van der Waals surface area contributed by atoms with Crippen LogP contribution in [0.5, 0.6) is 0 Å². The number of fused-ring (bicyclic) bond motifs is 2. The van der Waals surface area contributed by atoms with Gasteiger partial charge in [-0.05, 0) is 25.2 Å². The fourth-order valence-corrected chi connectivity index (χ4v) is 3.47. The van der Waals surface area contributed by atoms with Crippen LogP contribution in [0.3, 0.4) is 0 Å². The SMILES string of the molecule is CC(C)C(=O)O/N=C1/C(C)(C)[C@H]2CC[C@@]1(C)C2. The topological polar surface area (TPSA) is 38.7 Å². The summed E-state index contributed by atoms with van der Waals surface area (Å²) in [5, 5.41) is 4.22. The predicted octanol–water partition coefficient (Wildman–Crippen LogP) is 3.39. The summed E-state index contributed by atoms with van der Waals surface area (Å²) in [5.41, 5.74) is 1.34. The molecule has 0 aromatic heterocycles. The fraction of sp³-hybridized carbons (Fsp3) is 0.857. The minimum Gasteiger partial charge on any atom is -0.318 e. The van der Waals surface area contributed by atoms with E-state index >= 15 is 0 Å². The van der Waals surface area contributed by atoms with Gasteiger partial charge in [0.1, 0.15) is 0 Å². The van der Waals surface area contributed by atoms with Crippen molar-refractivity contribution in [2.45, 2.75) is 53.9 Å². The molecule has 3 nitrogen and oxygen atoms in total. The summed E-state index contributed by atoms with van der Waals surface area (Å²) in [6.45, 7) is 10.4. The van der Waals surface area contributed by atoms with Gasteiger partial charge in [-0.2, -0.15) is 0 Å². The van der Waals surface area contributed by atoms with E-state index in [1.807, 2.05) is 13.8 Å². The monoisotopic (exact) mass is 237 g/mol. The molecule has 0 amide bonds. The lowest BCUT2D eigenvalue weighted by molar-refractivity contribution is -0.147. The molecular formula is C14H23NO2. The Balaban J connectivity index is 2.20. The zero-order chi connectivity index (χ0) is 12.8. The summed E-state index contributed by atoms with van der Waals surface area (Å²) in [6, 6.07) is 0. The summed E-state index contributed by atoms with van der Waals surface area (Å²) in [7, 11) is 0. The molecule has 2 bridgehead atoms. The van der Waals surface area contributed by atoms with Crippen LogP contribution in [0, 0.1) is 22.7 Å². The summed E-state index contributed by atoms with van der Waals surface area (Å²) in [4.78, 5) is 16.6. The van der Waals surface area contributed by atoms with Crippen LogP contribution in [-0.2, 0) is 9.63 Å². The van der Waals surface area contributed by atoms with E-state index in [1.165, 1.54) is 19.3 Å². The van der Waals surface area contributed by atoms with E-state index in [-0.39, 0.29) is 22.7 Å². The number of hydrogen-bond donors (Lipinski definition) is 0. The van der Waals surface area contributed by atoms with Gasteiger partial charge in [0.25, 0.3) is 0 Å². The maximum atomic E-state index is 11.5. The van der Waals surface area contributed by atoms with Gasteiger partial charge in [0, 0.05) is 10.8 Å². The molecule has 2 saturated carbocycles. The fourth-order valence-electron chi connectivity index (χ4n) is 3.47. The van der Waals surface area contributed by atoms with Gasteiger partial charge in [0.05, 0.1) is 11.6 Å². The molecule has 0 unspecified atom stereocenters. The zero-order valence-corrected chi connectivity index (χ0v) is 11.5. The lowest BCUT2D eigenvalue weighted by Gasteiger charge is -2.34. The highest BCUT2D eigenvalue weighted by Crippen LogP contribution is 2.60. The highest BCUT2D eigenvalue weighted by molar-refractivity contribution is 5.97. The molecule has 0 N–H and O–H groups in total. The summed E-state index contributed by atoms with van der Waals surface area (Å²) in [5.74, 6) is 0.345. The number of carbonyl (C=O) groups excluding carboxylic acids is 1. The van der Waals surface area contributed by atoms with E-state index in [0.29, 0.717) is 5.92 Å². The highest BCUT2D eigenvalue weighted by Gasteiger charge is 2.57. The molecule has 0 aromatic carbocycles. The van der Waals surface area contributed by atoms with Crippen molar-refractivity contribution in [2.24, 2.45) is 27.8 Å². The van der Waals surface area contributed by atoms with E-state index in [4.69, 9.17) is 4.84 Å². The standard InChI is InChI=1S/C14H23NO2/c1-9(2)11(16)17-15-12-13(3,4)10-6-7-14(12,5)8-10/h9-10H,6-8H2,1-5H3/b15-12-/t10-,14-/m0/s1. The quantitative estimate of drug-likeness (QED) is 0.545. The number of rotatable bonds is 2. The Kier molecular flexibility index (Phi) is 2.83. The van der Waals surface area contributed by atoms with Gasteiger partial charge in [-0.3, -0.25) is 0 Å². The Morgan fingerprint density at radius 2 is 2.06 bits per heavy atom. The smallest absolute Gasteiger partial charge is 0.318 e. The second kappa shape index (κ2) is 3.82. The number of carbonyl (C=O) groups is 1. The van der Waals surface area contributed by atoms with Crippen LogP contribution in [0.4, 0.5) is 0 Å². The third kappa shape index (κ3) is 1.90. The molecule has 17 heavy (non-hydrogen) atoms. The summed E-state index contributed by atoms with van der Waals surface area (Å²) >= 11 is 0. The molecular weight excluding hydrogens is 214 g/mol. The number of oxime groups is 1. The second-order valence-corrected chi connectivity index (χ2v) is 6.73. The molecule has 0 aliphatic heterocycles. The van der Waals surface area contributed by atoms with E-state index in [2.05, 4.69) is 25.9 Å². The van der Waals surface area contributed by atoms with Crippen LogP contribution >= 0.6 is 0 Å². The Morgan fingerprint density at radius 3 is 2.53 bits per heavy atom. The molecule has 96 valence electrons. The van der Waals surface area contributed by atoms with Gasteiger partial charge < -0.3 is 4.84 Å². The van der Waals surface area contributed by atoms with Gasteiger partial charge in [0.15, 0.2) is 0 Å². The first-order chi connectivity index (χ1) is 7.77. The summed E-state index contributed by atoms with van der Waals surface area (Å²) in [6.07, 6.45) is 3.65. The molecule has 3 heteroatoms. The van der Waals surface area contributed by atoms with E-state index in [9.17, 15) is 4.79 Å². The van der Waals surface area contributed by atoms with Crippen LogP contribution in [0.25, 0.3) is 0 Å². The molecule has 2 atom stereocenters. The first kappa shape index (κ1) is 12.6. The Hall–Kier alpha value is -0.860. The molecule has 0 radical (unpaired) electrons. The van der Waals surface area contributed by atoms with Crippen molar-refractivity contribution in [1.29, 1.82) is 0 Å². The molecule has 2 aliphatic carbocycles. The molecule has 0 heterocycles. The zero-order valence-electron chi connectivity index (χ0n) is 11.5. The van der Waals surface area contributed by atoms with Crippen molar-refractivity contribution in [3.63, 3.8) is 0 Å². The van der Waals surface area contributed by atoms with Gasteiger partial charge >= 0.3 is 5.97 Å². The van der Waals surface area contributed by atoms with Crippen molar-refractivity contribution in [2.75, 3.05) is 0 Å². The van der Waals surface area contributed by atoms with E-state index in [1.54, 1.807) is 0 Å². The second-order valence-electron chi connectivity index (χ2n) is 6.73. The number of nitrogens with zero attached hydrogens (tertiary/aromatic N) is 1. The maximum Gasteiger partial charge on any atom is 0.337 e. The lowest BCUT2D eigenvalue weighted by atomic mass is 9.71. The van der Waals surface area contributed by atoms with Crippen molar-refractivity contribution >= 4 is 11.7 Å². The molecule has 0 spiro atoms. The predicted molar refractivity (Wildman–Crippen MR) is 67.6 cm³/mol. The number of hydrogen-bond acceptors (Lipinski definition) is 3. The van der Waals surface area contributed by atoms with Crippen molar-refractivity contribution in [1.82, 2.24) is 0 Å². The van der Waals surface area contributed by atoms with Crippen LogP contribution < -0.4 is 0 Å². The lowest BCUT2D eigenvalue weighted by Crippen LogP contribution is -2.36. The normalized spacial score (nSPS) is 36.8. The van der Waals surface area contributed by atoms with Crippen molar-refractivity contribution < 1.29 is 9.63 Å².